The van der Waals surface area contributed by atoms with E-state index in [-0.39, 0.29) is 11.9 Å². The van der Waals surface area contributed by atoms with Crippen molar-refractivity contribution >= 4 is 27.9 Å². The summed E-state index contributed by atoms with van der Waals surface area (Å²) in [7, 11) is 1.66. The van der Waals surface area contributed by atoms with Crippen molar-refractivity contribution in [2.75, 3.05) is 43.5 Å². The fourth-order valence-corrected chi connectivity index (χ4v) is 3.78. The molecule has 2 heterocycles. The molecule has 1 fully saturated rings. The van der Waals surface area contributed by atoms with Gasteiger partial charge in [0.2, 0.25) is 5.91 Å². The van der Waals surface area contributed by atoms with E-state index >= 15 is 0 Å². The molecule has 136 valence electrons. The second-order valence-corrected chi connectivity index (χ2v) is 7.08. The van der Waals surface area contributed by atoms with Gasteiger partial charge in [-0.3, -0.25) is 9.69 Å². The van der Waals surface area contributed by atoms with Crippen LogP contribution < -0.4 is 15.0 Å². The smallest absolute Gasteiger partial charge is 0.242 e. The number of methoxy groups -OCH3 is 1. The van der Waals surface area contributed by atoms with Crippen LogP contribution in [-0.4, -0.2) is 50.1 Å². The SMILES string of the molecule is COc1ccc(N2CCN([C@H](C)C(=O)Nc3sccc3C#N)CC2)cc1. The number of nitrogens with one attached hydrogen (secondary N) is 1. The molecular weight excluding hydrogens is 348 g/mol. The van der Waals surface area contributed by atoms with Crippen molar-refractivity contribution in [1.82, 2.24) is 4.90 Å². The Hall–Kier alpha value is -2.56. The van der Waals surface area contributed by atoms with Gasteiger partial charge in [-0.15, -0.1) is 11.3 Å². The Bertz CT molecular complexity index is 789. The third kappa shape index (κ3) is 3.98. The molecule has 1 saturated heterocycles. The van der Waals surface area contributed by atoms with Gasteiger partial charge in [0.1, 0.15) is 16.8 Å². The molecular formula is C19H22N4O2S. The number of carbonyl (C=O) groups excluding carboxylic acids is 1. The van der Waals surface area contributed by atoms with Crippen LogP contribution in [0.2, 0.25) is 0 Å². The van der Waals surface area contributed by atoms with Crippen LogP contribution in [0.25, 0.3) is 0 Å². The van der Waals surface area contributed by atoms with Crippen LogP contribution >= 0.6 is 11.3 Å². The molecule has 0 bridgehead atoms. The van der Waals surface area contributed by atoms with E-state index in [9.17, 15) is 4.79 Å². The first-order chi connectivity index (χ1) is 12.6. The minimum absolute atomic E-state index is 0.0677. The predicted molar refractivity (Wildman–Crippen MR) is 104 cm³/mol. The predicted octanol–water partition coefficient (Wildman–Crippen LogP) is 2.78. The average Bonchev–Trinajstić information content (AvgIpc) is 3.14. The molecule has 1 aromatic heterocycles. The van der Waals surface area contributed by atoms with Crippen molar-refractivity contribution in [2.24, 2.45) is 0 Å². The molecule has 0 aliphatic carbocycles. The maximum Gasteiger partial charge on any atom is 0.242 e. The normalized spacial score (nSPS) is 16.0. The van der Waals surface area contributed by atoms with Crippen molar-refractivity contribution in [3.63, 3.8) is 0 Å². The lowest BCUT2D eigenvalue weighted by Gasteiger charge is -2.38. The van der Waals surface area contributed by atoms with Crippen LogP contribution in [0.4, 0.5) is 10.7 Å². The number of hydrogen-bond donors (Lipinski definition) is 1. The van der Waals surface area contributed by atoms with Gasteiger partial charge in [-0.1, -0.05) is 0 Å². The largest absolute Gasteiger partial charge is 0.497 e. The van der Waals surface area contributed by atoms with E-state index in [2.05, 4.69) is 33.3 Å². The summed E-state index contributed by atoms with van der Waals surface area (Å²) in [6.45, 7) is 5.28. The first kappa shape index (κ1) is 18.2. The number of piperazine rings is 1. The molecule has 1 aliphatic heterocycles. The van der Waals surface area contributed by atoms with Gasteiger partial charge in [-0.25, -0.2) is 0 Å². The summed E-state index contributed by atoms with van der Waals surface area (Å²) < 4.78 is 5.20. The van der Waals surface area contributed by atoms with Crippen molar-refractivity contribution in [3.8, 4) is 11.8 Å². The summed E-state index contributed by atoms with van der Waals surface area (Å²) >= 11 is 1.38. The zero-order chi connectivity index (χ0) is 18.5. The highest BCUT2D eigenvalue weighted by Gasteiger charge is 2.26. The molecule has 1 aromatic carbocycles. The van der Waals surface area contributed by atoms with E-state index in [0.717, 1.165) is 31.9 Å². The zero-order valence-electron chi connectivity index (χ0n) is 14.9. The topological polar surface area (TPSA) is 68.6 Å². The lowest BCUT2D eigenvalue weighted by Crippen LogP contribution is -2.52. The first-order valence-corrected chi connectivity index (χ1v) is 9.42. The summed E-state index contributed by atoms with van der Waals surface area (Å²) in [4.78, 5) is 17.0. The first-order valence-electron chi connectivity index (χ1n) is 8.54. The molecule has 1 aliphatic rings. The molecule has 1 amide bonds. The Kier molecular flexibility index (Phi) is 5.76. The average molecular weight is 370 g/mol. The van der Waals surface area contributed by atoms with Crippen LogP contribution in [0.15, 0.2) is 35.7 Å². The fourth-order valence-electron chi connectivity index (χ4n) is 3.04. The Labute approximate surface area is 157 Å². The number of nitriles is 1. The molecule has 3 rings (SSSR count). The summed E-state index contributed by atoms with van der Waals surface area (Å²) in [5, 5.41) is 14.4. The molecule has 2 aromatic rings. The number of hydrogen-bond acceptors (Lipinski definition) is 6. The van der Waals surface area contributed by atoms with E-state index in [0.29, 0.717) is 10.6 Å². The Morgan fingerprint density at radius 2 is 1.92 bits per heavy atom. The summed E-state index contributed by atoms with van der Waals surface area (Å²) in [6.07, 6.45) is 0. The van der Waals surface area contributed by atoms with Gasteiger partial charge >= 0.3 is 0 Å². The number of anilines is 2. The van der Waals surface area contributed by atoms with Crippen LogP contribution in [-0.2, 0) is 4.79 Å². The lowest BCUT2D eigenvalue weighted by atomic mass is 10.2. The summed E-state index contributed by atoms with van der Waals surface area (Å²) in [5.74, 6) is 0.782. The number of amides is 1. The third-order valence-electron chi connectivity index (χ3n) is 4.70. The maximum absolute atomic E-state index is 12.5. The Morgan fingerprint density at radius 3 is 2.54 bits per heavy atom. The van der Waals surface area contributed by atoms with Crippen molar-refractivity contribution in [1.29, 1.82) is 5.26 Å². The van der Waals surface area contributed by atoms with Gasteiger partial charge in [0.05, 0.1) is 18.7 Å². The quantitative estimate of drug-likeness (QED) is 0.876. The Balaban J connectivity index is 1.55. The number of nitrogens with zero attached hydrogens (tertiary/aromatic N) is 3. The monoisotopic (exact) mass is 370 g/mol. The molecule has 7 heteroatoms. The highest BCUT2D eigenvalue weighted by Crippen LogP contribution is 2.24. The number of rotatable bonds is 5. The van der Waals surface area contributed by atoms with Crippen molar-refractivity contribution in [3.05, 3.63) is 41.3 Å². The number of benzene rings is 1. The molecule has 0 unspecified atom stereocenters. The lowest BCUT2D eigenvalue weighted by molar-refractivity contribution is -0.120. The minimum atomic E-state index is -0.235. The van der Waals surface area contributed by atoms with Gasteiger partial charge in [0.15, 0.2) is 0 Å². The van der Waals surface area contributed by atoms with Gasteiger partial charge in [-0.2, -0.15) is 5.26 Å². The van der Waals surface area contributed by atoms with Crippen molar-refractivity contribution in [2.45, 2.75) is 13.0 Å². The van der Waals surface area contributed by atoms with Crippen molar-refractivity contribution < 1.29 is 9.53 Å². The highest BCUT2D eigenvalue weighted by molar-refractivity contribution is 7.14. The highest BCUT2D eigenvalue weighted by atomic mass is 32.1. The van der Waals surface area contributed by atoms with E-state index in [1.54, 1.807) is 13.2 Å². The number of thiophene rings is 1. The fraction of sp³-hybridized carbons (Fsp3) is 0.368. The van der Waals surface area contributed by atoms with Crippen LogP contribution in [0.1, 0.15) is 12.5 Å². The van der Waals surface area contributed by atoms with Gasteiger partial charge in [0.25, 0.3) is 0 Å². The maximum atomic E-state index is 12.5. The second-order valence-electron chi connectivity index (χ2n) is 6.16. The van der Waals surface area contributed by atoms with E-state index in [4.69, 9.17) is 10.00 Å². The third-order valence-corrected chi connectivity index (χ3v) is 5.53. The molecule has 1 N–H and O–H groups in total. The van der Waals surface area contributed by atoms with Gasteiger partial charge in [0, 0.05) is 31.9 Å². The number of carbonyl (C=O) groups is 1. The van der Waals surface area contributed by atoms with Crippen LogP contribution in [0.3, 0.4) is 0 Å². The molecule has 1 atom stereocenters. The van der Waals surface area contributed by atoms with Crippen LogP contribution in [0.5, 0.6) is 5.75 Å². The van der Waals surface area contributed by atoms with E-state index in [1.165, 1.54) is 17.0 Å². The van der Waals surface area contributed by atoms with Gasteiger partial charge < -0.3 is 15.0 Å². The Morgan fingerprint density at radius 1 is 1.23 bits per heavy atom. The minimum Gasteiger partial charge on any atom is -0.497 e. The standard InChI is InChI=1S/C19H22N4O2S/c1-14(18(24)21-19-15(13-20)7-12-26-19)22-8-10-23(11-9-22)16-3-5-17(25-2)6-4-16/h3-7,12,14H,8-11H2,1-2H3,(H,21,24)/t14-/m1/s1. The van der Waals surface area contributed by atoms with Gasteiger partial charge in [-0.05, 0) is 42.6 Å². The molecule has 0 saturated carbocycles. The molecule has 0 spiro atoms. The number of ether oxygens (including phenoxy) is 1. The van der Waals surface area contributed by atoms with E-state index < -0.39 is 0 Å². The van der Waals surface area contributed by atoms with E-state index in [1.807, 2.05) is 24.4 Å². The molecule has 0 radical (unpaired) electrons. The summed E-state index contributed by atoms with van der Waals surface area (Å²) in [6, 6.07) is 11.6. The molecule has 6 nitrogen and oxygen atoms in total. The molecule has 26 heavy (non-hydrogen) atoms. The summed E-state index contributed by atoms with van der Waals surface area (Å²) in [5.41, 5.74) is 1.68. The zero-order valence-corrected chi connectivity index (χ0v) is 15.8. The van der Waals surface area contributed by atoms with Crippen LogP contribution in [0, 0.1) is 11.3 Å². The second kappa shape index (κ2) is 8.21.